The zero-order chi connectivity index (χ0) is 24.3. The Balaban J connectivity index is 1.37. The first-order chi connectivity index (χ1) is 16.2. The number of rotatable bonds is 7. The van der Waals surface area contributed by atoms with Gasteiger partial charge in [0, 0.05) is 44.5 Å². The summed E-state index contributed by atoms with van der Waals surface area (Å²) in [6.07, 6.45) is -1.17. The SMILES string of the molecule is O=C1CCC(=O)N1CCCC(=O)N1CCC[C@H]1c1cccc(Cc2ccc(C(F)(F)F)cc2)n1. The van der Waals surface area contributed by atoms with Crippen LogP contribution >= 0.6 is 0 Å². The molecule has 180 valence electrons. The molecule has 2 aliphatic rings. The van der Waals surface area contributed by atoms with Crippen molar-refractivity contribution in [2.24, 2.45) is 0 Å². The molecule has 0 N–H and O–H groups in total. The molecule has 2 saturated heterocycles. The fourth-order valence-electron chi connectivity index (χ4n) is 4.58. The van der Waals surface area contributed by atoms with E-state index in [1.54, 1.807) is 4.90 Å². The lowest BCUT2D eigenvalue weighted by Gasteiger charge is -2.25. The van der Waals surface area contributed by atoms with Gasteiger partial charge in [-0.15, -0.1) is 0 Å². The third-order valence-electron chi connectivity index (χ3n) is 6.34. The quantitative estimate of drug-likeness (QED) is 0.563. The Hall–Kier alpha value is -3.23. The maximum absolute atomic E-state index is 12.9. The van der Waals surface area contributed by atoms with E-state index in [1.165, 1.54) is 17.0 Å². The van der Waals surface area contributed by atoms with Crippen LogP contribution in [0.5, 0.6) is 0 Å². The van der Waals surface area contributed by atoms with E-state index >= 15 is 0 Å². The Bertz CT molecular complexity index is 1050. The van der Waals surface area contributed by atoms with Gasteiger partial charge in [-0.1, -0.05) is 18.2 Å². The number of pyridine rings is 1. The van der Waals surface area contributed by atoms with Crippen LogP contribution in [0.2, 0.25) is 0 Å². The second-order valence-corrected chi connectivity index (χ2v) is 8.71. The molecular weight excluding hydrogens is 447 g/mol. The fourth-order valence-corrected chi connectivity index (χ4v) is 4.58. The molecule has 1 aromatic heterocycles. The Morgan fingerprint density at radius 2 is 1.74 bits per heavy atom. The van der Waals surface area contributed by atoms with Crippen LogP contribution in [0.25, 0.3) is 0 Å². The van der Waals surface area contributed by atoms with Crippen molar-refractivity contribution in [1.29, 1.82) is 0 Å². The summed E-state index contributed by atoms with van der Waals surface area (Å²) in [6, 6.07) is 10.4. The maximum Gasteiger partial charge on any atom is 0.416 e. The van der Waals surface area contributed by atoms with Crippen LogP contribution in [0.15, 0.2) is 42.5 Å². The van der Waals surface area contributed by atoms with Crippen LogP contribution in [-0.2, 0) is 27.0 Å². The van der Waals surface area contributed by atoms with Crippen molar-refractivity contribution in [3.63, 3.8) is 0 Å². The van der Waals surface area contributed by atoms with Crippen LogP contribution in [0, 0.1) is 0 Å². The number of hydrogen-bond donors (Lipinski definition) is 0. The van der Waals surface area contributed by atoms with Gasteiger partial charge in [0.1, 0.15) is 0 Å². The lowest BCUT2D eigenvalue weighted by atomic mass is 10.0. The van der Waals surface area contributed by atoms with E-state index in [0.717, 1.165) is 41.9 Å². The average molecular weight is 473 g/mol. The topological polar surface area (TPSA) is 70.6 Å². The van der Waals surface area contributed by atoms with Crippen molar-refractivity contribution in [2.75, 3.05) is 13.1 Å². The van der Waals surface area contributed by atoms with Gasteiger partial charge in [0.05, 0.1) is 17.3 Å². The van der Waals surface area contributed by atoms with Gasteiger partial charge in [0.15, 0.2) is 0 Å². The maximum atomic E-state index is 12.9. The van der Waals surface area contributed by atoms with Crippen LogP contribution in [-0.4, -0.2) is 45.6 Å². The summed E-state index contributed by atoms with van der Waals surface area (Å²) in [4.78, 5) is 44.1. The monoisotopic (exact) mass is 473 g/mol. The third kappa shape index (κ3) is 5.46. The molecule has 1 atom stereocenters. The number of likely N-dealkylation sites (tertiary alicyclic amines) is 2. The number of aromatic nitrogens is 1. The lowest BCUT2D eigenvalue weighted by Crippen LogP contribution is -2.33. The number of hydrogen-bond acceptors (Lipinski definition) is 4. The van der Waals surface area contributed by atoms with Crippen LogP contribution in [0.4, 0.5) is 13.2 Å². The highest BCUT2D eigenvalue weighted by molar-refractivity contribution is 6.01. The molecule has 6 nitrogen and oxygen atoms in total. The van der Waals surface area contributed by atoms with Gasteiger partial charge in [-0.3, -0.25) is 24.3 Å². The lowest BCUT2D eigenvalue weighted by molar-refractivity contribution is -0.140. The molecule has 0 aliphatic carbocycles. The fraction of sp³-hybridized carbons (Fsp3) is 0.440. The molecule has 1 aromatic carbocycles. The number of carbonyl (C=O) groups is 3. The zero-order valence-electron chi connectivity index (χ0n) is 18.7. The molecule has 3 heterocycles. The first kappa shape index (κ1) is 23.9. The van der Waals surface area contributed by atoms with Crippen LogP contribution < -0.4 is 0 Å². The summed E-state index contributed by atoms with van der Waals surface area (Å²) in [5.74, 6) is -0.382. The normalized spacial score (nSPS) is 18.7. The van der Waals surface area contributed by atoms with Crippen molar-refractivity contribution < 1.29 is 27.6 Å². The Morgan fingerprint density at radius 3 is 2.41 bits per heavy atom. The van der Waals surface area contributed by atoms with E-state index in [9.17, 15) is 27.6 Å². The van der Waals surface area contributed by atoms with E-state index in [0.29, 0.717) is 19.4 Å². The summed E-state index contributed by atoms with van der Waals surface area (Å²) in [5.41, 5.74) is 1.53. The van der Waals surface area contributed by atoms with Gasteiger partial charge in [-0.05, 0) is 49.1 Å². The van der Waals surface area contributed by atoms with E-state index < -0.39 is 11.7 Å². The first-order valence-corrected chi connectivity index (χ1v) is 11.5. The van der Waals surface area contributed by atoms with Crippen molar-refractivity contribution >= 4 is 17.7 Å². The van der Waals surface area contributed by atoms with E-state index in [-0.39, 0.29) is 49.6 Å². The van der Waals surface area contributed by atoms with E-state index in [2.05, 4.69) is 0 Å². The standard InChI is InChI=1S/C25H26F3N3O3/c26-25(27,28)18-10-8-17(9-11-18)16-19-4-1-5-20(29-19)21-6-2-14-30(21)22(32)7-3-15-31-23(33)12-13-24(31)34/h1,4-5,8-11,21H,2-3,6-7,12-16H2/t21-/m0/s1. The molecule has 2 fully saturated rings. The van der Waals surface area contributed by atoms with Crippen molar-refractivity contribution in [2.45, 2.75) is 57.2 Å². The van der Waals surface area contributed by atoms with Gasteiger partial charge >= 0.3 is 6.18 Å². The van der Waals surface area contributed by atoms with Crippen LogP contribution in [0.3, 0.4) is 0 Å². The highest BCUT2D eigenvalue weighted by Gasteiger charge is 2.32. The summed E-state index contributed by atoms with van der Waals surface area (Å²) in [5, 5.41) is 0. The van der Waals surface area contributed by atoms with E-state index in [1.807, 2.05) is 18.2 Å². The summed E-state index contributed by atoms with van der Waals surface area (Å²) in [6.45, 7) is 0.888. The van der Waals surface area contributed by atoms with Crippen molar-refractivity contribution in [1.82, 2.24) is 14.8 Å². The third-order valence-corrected chi connectivity index (χ3v) is 6.34. The molecule has 34 heavy (non-hydrogen) atoms. The zero-order valence-corrected chi connectivity index (χ0v) is 18.7. The highest BCUT2D eigenvalue weighted by atomic mass is 19.4. The molecule has 2 aromatic rings. The van der Waals surface area contributed by atoms with Gasteiger partial charge < -0.3 is 4.90 Å². The molecule has 0 saturated carbocycles. The highest BCUT2D eigenvalue weighted by Crippen LogP contribution is 2.32. The molecule has 0 radical (unpaired) electrons. The number of imide groups is 1. The summed E-state index contributed by atoms with van der Waals surface area (Å²) >= 11 is 0. The molecule has 2 aliphatic heterocycles. The molecule has 0 spiro atoms. The average Bonchev–Trinajstić information content (AvgIpc) is 3.41. The van der Waals surface area contributed by atoms with Gasteiger partial charge in [-0.2, -0.15) is 13.2 Å². The number of nitrogens with zero attached hydrogens (tertiary/aromatic N) is 3. The predicted molar refractivity (Wildman–Crippen MR) is 117 cm³/mol. The number of halogens is 3. The minimum absolute atomic E-state index is 0.0310. The van der Waals surface area contributed by atoms with Gasteiger partial charge in [-0.25, -0.2) is 0 Å². The number of carbonyl (C=O) groups excluding carboxylic acids is 3. The molecule has 0 unspecified atom stereocenters. The van der Waals surface area contributed by atoms with Crippen molar-refractivity contribution in [3.8, 4) is 0 Å². The smallest absolute Gasteiger partial charge is 0.334 e. The summed E-state index contributed by atoms with van der Waals surface area (Å²) < 4.78 is 38.4. The Morgan fingerprint density at radius 1 is 1.03 bits per heavy atom. The predicted octanol–water partition coefficient (Wildman–Crippen LogP) is 4.28. The van der Waals surface area contributed by atoms with E-state index in [4.69, 9.17) is 4.98 Å². The summed E-state index contributed by atoms with van der Waals surface area (Å²) in [7, 11) is 0. The first-order valence-electron chi connectivity index (χ1n) is 11.5. The van der Waals surface area contributed by atoms with Crippen LogP contribution in [0.1, 0.15) is 67.1 Å². The second-order valence-electron chi connectivity index (χ2n) is 8.71. The molecule has 4 rings (SSSR count). The molecular formula is C25H26F3N3O3. The number of amides is 3. The molecule has 3 amide bonds. The molecule has 0 bridgehead atoms. The number of benzene rings is 1. The number of alkyl halides is 3. The Kier molecular flexibility index (Phi) is 7.00. The Labute approximate surface area is 195 Å². The molecule has 9 heteroatoms. The van der Waals surface area contributed by atoms with Gasteiger partial charge in [0.2, 0.25) is 17.7 Å². The second kappa shape index (κ2) is 9.95. The van der Waals surface area contributed by atoms with Gasteiger partial charge in [0.25, 0.3) is 0 Å². The minimum Gasteiger partial charge on any atom is -0.334 e. The minimum atomic E-state index is -4.37. The largest absolute Gasteiger partial charge is 0.416 e. The van der Waals surface area contributed by atoms with Crippen molar-refractivity contribution in [3.05, 3.63) is 65.0 Å².